The van der Waals surface area contributed by atoms with Gasteiger partial charge in [0.05, 0.1) is 7.11 Å². The maximum absolute atomic E-state index is 12.4. The lowest BCUT2D eigenvalue weighted by Crippen LogP contribution is -2.45. The van der Waals surface area contributed by atoms with Crippen molar-refractivity contribution in [2.75, 3.05) is 20.3 Å². The van der Waals surface area contributed by atoms with Crippen molar-refractivity contribution in [1.82, 2.24) is 5.32 Å². The van der Waals surface area contributed by atoms with Gasteiger partial charge in [-0.15, -0.1) is 0 Å². The fraction of sp³-hybridized carbons (Fsp3) is 0.200. The first kappa shape index (κ1) is 21.2. The lowest BCUT2D eigenvalue weighted by atomic mass is 9.98. The van der Waals surface area contributed by atoms with Crippen molar-refractivity contribution in [1.29, 1.82) is 0 Å². The summed E-state index contributed by atoms with van der Waals surface area (Å²) in [6, 6.07) is 21.5. The number of carboxylic acids is 1. The number of ether oxygens (including phenoxy) is 3. The molecule has 7 nitrogen and oxygen atoms in total. The summed E-state index contributed by atoms with van der Waals surface area (Å²) in [4.78, 5) is 24.0. The highest BCUT2D eigenvalue weighted by atomic mass is 16.6. The van der Waals surface area contributed by atoms with E-state index in [1.807, 2.05) is 48.5 Å². The van der Waals surface area contributed by atoms with Crippen molar-refractivity contribution in [3.8, 4) is 22.6 Å². The monoisotopic (exact) mass is 433 g/mol. The van der Waals surface area contributed by atoms with Crippen molar-refractivity contribution in [2.45, 2.75) is 12.0 Å². The Bertz CT molecular complexity index is 1080. The van der Waals surface area contributed by atoms with E-state index in [2.05, 4.69) is 5.32 Å². The molecule has 7 heteroatoms. The molecule has 3 aromatic carbocycles. The third-order valence-electron chi connectivity index (χ3n) is 5.39. The van der Waals surface area contributed by atoms with Crippen LogP contribution in [0.5, 0.6) is 11.5 Å². The Labute approximate surface area is 185 Å². The van der Waals surface area contributed by atoms with Gasteiger partial charge in [-0.25, -0.2) is 9.59 Å². The van der Waals surface area contributed by atoms with E-state index in [4.69, 9.17) is 14.2 Å². The maximum Gasteiger partial charge on any atom is 0.407 e. The Kier molecular flexibility index (Phi) is 6.26. The first-order valence-electron chi connectivity index (χ1n) is 10.2. The normalized spacial score (nSPS) is 12.9. The average molecular weight is 433 g/mol. The quantitative estimate of drug-likeness (QED) is 0.556. The molecule has 0 saturated carbocycles. The second-order valence-corrected chi connectivity index (χ2v) is 7.35. The molecule has 0 fully saturated rings. The third kappa shape index (κ3) is 4.51. The Balaban J connectivity index is 1.37. The van der Waals surface area contributed by atoms with E-state index in [9.17, 15) is 14.7 Å². The number of methoxy groups -OCH3 is 1. The van der Waals surface area contributed by atoms with Gasteiger partial charge in [0, 0.05) is 12.0 Å². The van der Waals surface area contributed by atoms with E-state index in [-0.39, 0.29) is 19.1 Å². The second-order valence-electron chi connectivity index (χ2n) is 7.35. The van der Waals surface area contributed by atoms with Crippen LogP contribution in [0.25, 0.3) is 11.1 Å². The number of hydrogen-bond donors (Lipinski definition) is 2. The van der Waals surface area contributed by atoms with E-state index in [0.717, 1.165) is 22.3 Å². The van der Waals surface area contributed by atoms with Crippen molar-refractivity contribution >= 4 is 12.1 Å². The van der Waals surface area contributed by atoms with E-state index in [1.54, 1.807) is 24.3 Å². The number of amides is 1. The zero-order valence-corrected chi connectivity index (χ0v) is 17.5. The summed E-state index contributed by atoms with van der Waals surface area (Å²) in [6.45, 7) is -0.157. The number of carbonyl (C=O) groups excluding carboxylic acids is 1. The van der Waals surface area contributed by atoms with Crippen LogP contribution in [0.1, 0.15) is 17.0 Å². The van der Waals surface area contributed by atoms with Gasteiger partial charge in [-0.1, -0.05) is 54.6 Å². The van der Waals surface area contributed by atoms with Gasteiger partial charge in [0.2, 0.25) is 0 Å². The second kappa shape index (κ2) is 9.43. The van der Waals surface area contributed by atoms with E-state index in [1.165, 1.54) is 7.11 Å². The van der Waals surface area contributed by atoms with Crippen LogP contribution in [0.15, 0.2) is 72.8 Å². The molecule has 0 spiro atoms. The third-order valence-corrected chi connectivity index (χ3v) is 5.39. The zero-order chi connectivity index (χ0) is 22.5. The summed E-state index contributed by atoms with van der Waals surface area (Å²) in [6.07, 6.45) is -0.812. The molecular weight excluding hydrogens is 410 g/mol. The summed E-state index contributed by atoms with van der Waals surface area (Å²) in [5.41, 5.74) is 4.40. The SMILES string of the molecule is COc1cccc(OC[C@H](NC(=O)OCC2c3ccccc3-c3ccccc32)C(=O)O)c1. The number of nitrogens with one attached hydrogen (secondary N) is 1. The van der Waals surface area contributed by atoms with Crippen molar-refractivity contribution in [3.63, 3.8) is 0 Å². The number of alkyl carbamates (subject to hydrolysis) is 1. The molecule has 4 rings (SSSR count). The number of fused-ring (bicyclic) bond motifs is 3. The van der Waals surface area contributed by atoms with Gasteiger partial charge < -0.3 is 24.6 Å². The summed E-state index contributed by atoms with van der Waals surface area (Å²) in [5, 5.41) is 11.8. The Morgan fingerprint density at radius 2 is 1.56 bits per heavy atom. The maximum atomic E-state index is 12.4. The molecule has 1 amide bonds. The molecule has 3 aromatic rings. The fourth-order valence-corrected chi connectivity index (χ4v) is 3.83. The van der Waals surface area contributed by atoms with Crippen LogP contribution in [-0.2, 0) is 9.53 Å². The van der Waals surface area contributed by atoms with Crippen LogP contribution in [0.3, 0.4) is 0 Å². The zero-order valence-electron chi connectivity index (χ0n) is 17.5. The molecular formula is C25H23NO6. The van der Waals surface area contributed by atoms with Crippen molar-refractivity contribution in [2.24, 2.45) is 0 Å². The smallest absolute Gasteiger partial charge is 0.407 e. The van der Waals surface area contributed by atoms with Crippen LogP contribution in [0, 0.1) is 0 Å². The van der Waals surface area contributed by atoms with Gasteiger partial charge in [0.15, 0.2) is 6.04 Å². The Hall–Kier alpha value is -4.00. The molecule has 164 valence electrons. The largest absolute Gasteiger partial charge is 0.497 e. The number of carboxylic acid groups (broad SMARTS) is 1. The molecule has 1 atom stereocenters. The minimum absolute atomic E-state index is 0.100. The topological polar surface area (TPSA) is 94.1 Å². The Morgan fingerprint density at radius 1 is 0.938 bits per heavy atom. The lowest BCUT2D eigenvalue weighted by molar-refractivity contribution is -0.140. The summed E-state index contributed by atoms with van der Waals surface area (Å²) >= 11 is 0. The lowest BCUT2D eigenvalue weighted by Gasteiger charge is -2.18. The summed E-state index contributed by atoms with van der Waals surface area (Å²) < 4.78 is 16.1. The number of hydrogen-bond acceptors (Lipinski definition) is 5. The average Bonchev–Trinajstić information content (AvgIpc) is 3.14. The van der Waals surface area contributed by atoms with Gasteiger partial charge in [0.1, 0.15) is 24.7 Å². The molecule has 1 aliphatic carbocycles. The molecule has 32 heavy (non-hydrogen) atoms. The number of rotatable bonds is 8. The minimum Gasteiger partial charge on any atom is -0.497 e. The van der Waals surface area contributed by atoms with Gasteiger partial charge in [0.25, 0.3) is 0 Å². The molecule has 0 radical (unpaired) electrons. The predicted octanol–water partition coefficient (Wildman–Crippen LogP) is 4.07. The first-order valence-corrected chi connectivity index (χ1v) is 10.2. The molecule has 0 heterocycles. The van der Waals surface area contributed by atoms with Gasteiger partial charge >= 0.3 is 12.1 Å². The standard InChI is InChI=1S/C25H23NO6/c1-30-16-7-6-8-17(13-16)31-15-23(24(27)28)26-25(29)32-14-22-20-11-4-2-9-18(20)19-10-3-5-12-21(19)22/h2-13,22-23H,14-15H2,1H3,(H,26,29)(H,27,28)/t23-/m0/s1. The van der Waals surface area contributed by atoms with Crippen LogP contribution in [-0.4, -0.2) is 43.5 Å². The highest BCUT2D eigenvalue weighted by Gasteiger charge is 2.29. The predicted molar refractivity (Wildman–Crippen MR) is 118 cm³/mol. The van der Waals surface area contributed by atoms with E-state index < -0.39 is 18.1 Å². The van der Waals surface area contributed by atoms with Gasteiger partial charge in [-0.05, 0) is 34.4 Å². The highest BCUT2D eigenvalue weighted by Crippen LogP contribution is 2.44. The summed E-state index contributed by atoms with van der Waals surface area (Å²) in [5.74, 6) is -0.310. The molecule has 2 N–H and O–H groups in total. The van der Waals surface area contributed by atoms with Gasteiger partial charge in [-0.2, -0.15) is 0 Å². The minimum atomic E-state index is -1.27. The van der Waals surface area contributed by atoms with Gasteiger partial charge in [-0.3, -0.25) is 0 Å². The van der Waals surface area contributed by atoms with Crippen LogP contribution in [0.2, 0.25) is 0 Å². The number of aliphatic carboxylic acids is 1. The molecule has 0 aromatic heterocycles. The van der Waals surface area contributed by atoms with Crippen LogP contribution >= 0.6 is 0 Å². The first-order chi connectivity index (χ1) is 15.6. The number of carbonyl (C=O) groups is 2. The molecule has 0 saturated heterocycles. The Morgan fingerprint density at radius 3 is 2.19 bits per heavy atom. The highest BCUT2D eigenvalue weighted by molar-refractivity contribution is 5.81. The number of benzene rings is 3. The molecule has 1 aliphatic rings. The molecule has 0 unspecified atom stereocenters. The van der Waals surface area contributed by atoms with E-state index in [0.29, 0.717) is 11.5 Å². The fourth-order valence-electron chi connectivity index (χ4n) is 3.83. The van der Waals surface area contributed by atoms with Crippen molar-refractivity contribution in [3.05, 3.63) is 83.9 Å². The van der Waals surface area contributed by atoms with Crippen LogP contribution < -0.4 is 14.8 Å². The summed E-state index contributed by atoms with van der Waals surface area (Å²) in [7, 11) is 1.53. The molecule has 0 bridgehead atoms. The van der Waals surface area contributed by atoms with Crippen molar-refractivity contribution < 1.29 is 28.9 Å². The van der Waals surface area contributed by atoms with E-state index >= 15 is 0 Å². The van der Waals surface area contributed by atoms with Crippen LogP contribution in [0.4, 0.5) is 4.79 Å². The molecule has 0 aliphatic heterocycles.